The van der Waals surface area contributed by atoms with Crippen LogP contribution in [0.1, 0.15) is 15.2 Å². The zero-order valence-electron chi connectivity index (χ0n) is 19.8. The van der Waals surface area contributed by atoms with Gasteiger partial charge in [0.15, 0.2) is 5.75 Å². The van der Waals surface area contributed by atoms with Crippen LogP contribution in [0.3, 0.4) is 0 Å². The number of morpholine rings is 1. The van der Waals surface area contributed by atoms with Gasteiger partial charge in [-0.05, 0) is 18.1 Å². The summed E-state index contributed by atoms with van der Waals surface area (Å²) in [6, 6.07) is 17.8. The second-order valence-electron chi connectivity index (χ2n) is 8.64. The van der Waals surface area contributed by atoms with E-state index in [4.69, 9.17) is 9.47 Å². The molecule has 0 radical (unpaired) electrons. The van der Waals surface area contributed by atoms with Gasteiger partial charge in [-0.3, -0.25) is 14.5 Å². The first-order valence-electron chi connectivity index (χ1n) is 11.9. The molecule has 3 heterocycles. The average molecular weight is 492 g/mol. The molecule has 0 bridgehead atoms. The Hall–Kier alpha value is -3.20. The number of aromatic nitrogens is 1. The average Bonchev–Trinajstić information content (AvgIpc) is 3.28. The van der Waals surface area contributed by atoms with E-state index in [1.807, 2.05) is 54.6 Å². The Bertz CT molecular complexity index is 1390. The van der Waals surface area contributed by atoms with E-state index in [1.165, 1.54) is 11.3 Å². The maximum atomic E-state index is 13.4. The van der Waals surface area contributed by atoms with Crippen molar-refractivity contribution in [2.45, 2.75) is 6.42 Å². The number of ether oxygens (including phenoxy) is 2. The van der Waals surface area contributed by atoms with Gasteiger partial charge in [0.05, 0.1) is 23.4 Å². The Labute approximate surface area is 207 Å². The van der Waals surface area contributed by atoms with E-state index >= 15 is 0 Å². The van der Waals surface area contributed by atoms with Gasteiger partial charge in [0.1, 0.15) is 16.9 Å². The lowest BCUT2D eigenvalue weighted by atomic mass is 10.1. The minimum Gasteiger partial charge on any atom is -0.490 e. The molecular formula is C27H29N3O4S. The molecule has 7 nitrogen and oxygen atoms in total. The van der Waals surface area contributed by atoms with Crippen LogP contribution in [0.25, 0.3) is 21.0 Å². The number of hydrogen-bond donors (Lipinski definition) is 1. The number of aryl methyl sites for hydroxylation is 1. The molecule has 0 saturated carbocycles. The third-order valence-corrected chi connectivity index (χ3v) is 7.60. The standard InChI is InChI=1S/C27H29N3O4S/c1-29-21-10-6-5-9-20(21)24-22(27(29)32)23(34-18-15-30-13-16-33-17-14-30)25(35-24)26(31)28-12-11-19-7-3-2-4-8-19/h2-10H,11-18H2,1H3,(H,28,31). The van der Waals surface area contributed by atoms with Crippen molar-refractivity contribution in [2.75, 3.05) is 46.0 Å². The summed E-state index contributed by atoms with van der Waals surface area (Å²) in [5, 5.41) is 4.45. The molecule has 1 N–H and O–H groups in total. The van der Waals surface area contributed by atoms with Crippen LogP contribution in [0.5, 0.6) is 5.75 Å². The van der Waals surface area contributed by atoms with Crippen molar-refractivity contribution in [1.29, 1.82) is 0 Å². The maximum absolute atomic E-state index is 13.4. The van der Waals surface area contributed by atoms with E-state index in [2.05, 4.69) is 10.2 Å². The summed E-state index contributed by atoms with van der Waals surface area (Å²) in [4.78, 5) is 29.4. The molecule has 1 saturated heterocycles. The predicted molar refractivity (Wildman–Crippen MR) is 140 cm³/mol. The highest BCUT2D eigenvalue weighted by Gasteiger charge is 2.25. The van der Waals surface area contributed by atoms with E-state index < -0.39 is 0 Å². The SMILES string of the molecule is Cn1c(=O)c2c(OCCN3CCOCC3)c(C(=O)NCCc3ccccc3)sc2c2ccccc21. The normalized spacial score (nSPS) is 14.4. The molecular weight excluding hydrogens is 462 g/mol. The van der Waals surface area contributed by atoms with E-state index in [-0.39, 0.29) is 11.5 Å². The maximum Gasteiger partial charge on any atom is 0.265 e. The summed E-state index contributed by atoms with van der Waals surface area (Å²) in [6.45, 7) is 4.74. The number of carbonyl (C=O) groups excluding carboxylic acids is 1. The molecule has 1 aliphatic heterocycles. The number of thiophene rings is 1. The van der Waals surface area contributed by atoms with Crippen LogP contribution < -0.4 is 15.6 Å². The number of amides is 1. The highest BCUT2D eigenvalue weighted by atomic mass is 32.1. The number of hydrogen-bond acceptors (Lipinski definition) is 6. The zero-order valence-corrected chi connectivity index (χ0v) is 20.6. The van der Waals surface area contributed by atoms with Crippen LogP contribution in [-0.2, 0) is 18.2 Å². The van der Waals surface area contributed by atoms with Crippen molar-refractivity contribution in [1.82, 2.24) is 14.8 Å². The fourth-order valence-electron chi connectivity index (χ4n) is 4.47. The van der Waals surface area contributed by atoms with Gasteiger partial charge >= 0.3 is 0 Å². The van der Waals surface area contributed by atoms with Crippen LogP contribution >= 0.6 is 11.3 Å². The molecule has 2 aromatic carbocycles. The van der Waals surface area contributed by atoms with Gasteiger partial charge in [0, 0.05) is 38.6 Å². The van der Waals surface area contributed by atoms with Crippen molar-refractivity contribution in [3.8, 4) is 5.75 Å². The van der Waals surface area contributed by atoms with Gasteiger partial charge in [-0.1, -0.05) is 48.5 Å². The molecule has 8 heteroatoms. The Morgan fingerprint density at radius 1 is 1.09 bits per heavy atom. The smallest absolute Gasteiger partial charge is 0.265 e. The molecule has 4 aromatic rings. The first kappa shape index (κ1) is 23.5. The highest BCUT2D eigenvalue weighted by Crippen LogP contribution is 2.39. The van der Waals surface area contributed by atoms with Gasteiger partial charge in [0.2, 0.25) is 0 Å². The van der Waals surface area contributed by atoms with E-state index in [9.17, 15) is 9.59 Å². The number of pyridine rings is 1. The van der Waals surface area contributed by atoms with Gasteiger partial charge in [-0.25, -0.2) is 0 Å². The molecule has 1 fully saturated rings. The summed E-state index contributed by atoms with van der Waals surface area (Å²) in [6.07, 6.45) is 0.732. The molecule has 5 rings (SSSR count). The van der Waals surface area contributed by atoms with E-state index in [0.717, 1.165) is 40.7 Å². The molecule has 1 aliphatic rings. The topological polar surface area (TPSA) is 72.8 Å². The van der Waals surface area contributed by atoms with Crippen molar-refractivity contribution in [3.63, 3.8) is 0 Å². The minimum absolute atomic E-state index is 0.153. The lowest BCUT2D eigenvalue weighted by Gasteiger charge is -2.26. The second-order valence-corrected chi connectivity index (χ2v) is 9.66. The van der Waals surface area contributed by atoms with Crippen LogP contribution in [0.15, 0.2) is 59.4 Å². The summed E-state index contributed by atoms with van der Waals surface area (Å²) in [5.41, 5.74) is 1.84. The summed E-state index contributed by atoms with van der Waals surface area (Å²) in [7, 11) is 1.76. The molecule has 2 aromatic heterocycles. The number of para-hydroxylation sites is 1. The fraction of sp³-hybridized carbons (Fsp3) is 0.333. The van der Waals surface area contributed by atoms with Crippen LogP contribution in [0, 0.1) is 0 Å². The number of carbonyl (C=O) groups is 1. The first-order chi connectivity index (χ1) is 17.1. The Balaban J connectivity index is 1.46. The Morgan fingerprint density at radius 2 is 1.83 bits per heavy atom. The number of nitrogens with zero attached hydrogens (tertiary/aromatic N) is 2. The van der Waals surface area contributed by atoms with Gasteiger partial charge in [0.25, 0.3) is 11.5 Å². The van der Waals surface area contributed by atoms with E-state index in [0.29, 0.717) is 48.9 Å². The highest BCUT2D eigenvalue weighted by molar-refractivity contribution is 7.22. The fourth-order valence-corrected chi connectivity index (χ4v) is 5.66. The quantitative estimate of drug-likeness (QED) is 0.409. The van der Waals surface area contributed by atoms with Gasteiger partial charge in [-0.15, -0.1) is 11.3 Å². The van der Waals surface area contributed by atoms with Crippen molar-refractivity contribution in [2.24, 2.45) is 7.05 Å². The van der Waals surface area contributed by atoms with Gasteiger partial charge in [-0.2, -0.15) is 0 Å². The lowest BCUT2D eigenvalue weighted by Crippen LogP contribution is -2.38. The van der Waals surface area contributed by atoms with Crippen molar-refractivity contribution >= 4 is 38.2 Å². The first-order valence-corrected chi connectivity index (χ1v) is 12.7. The third kappa shape index (κ3) is 4.96. The summed E-state index contributed by atoms with van der Waals surface area (Å²) < 4.78 is 14.1. The molecule has 35 heavy (non-hydrogen) atoms. The monoisotopic (exact) mass is 491 g/mol. The minimum atomic E-state index is -0.213. The van der Waals surface area contributed by atoms with Crippen molar-refractivity contribution in [3.05, 3.63) is 75.4 Å². The zero-order chi connectivity index (χ0) is 24.2. The molecule has 0 spiro atoms. The molecule has 182 valence electrons. The largest absolute Gasteiger partial charge is 0.490 e. The van der Waals surface area contributed by atoms with Crippen LogP contribution in [-0.4, -0.2) is 61.4 Å². The van der Waals surface area contributed by atoms with Crippen molar-refractivity contribution < 1.29 is 14.3 Å². The lowest BCUT2D eigenvalue weighted by molar-refractivity contribution is 0.0323. The predicted octanol–water partition coefficient (Wildman–Crippen LogP) is 3.44. The molecule has 0 aliphatic carbocycles. The summed E-state index contributed by atoms with van der Waals surface area (Å²) >= 11 is 1.33. The number of nitrogens with one attached hydrogen (secondary N) is 1. The Kier molecular flexibility index (Phi) is 7.13. The molecule has 0 unspecified atom stereocenters. The van der Waals surface area contributed by atoms with Crippen LogP contribution in [0.2, 0.25) is 0 Å². The van der Waals surface area contributed by atoms with Crippen LogP contribution in [0.4, 0.5) is 0 Å². The third-order valence-electron chi connectivity index (χ3n) is 6.40. The number of fused-ring (bicyclic) bond motifs is 3. The second kappa shape index (κ2) is 10.6. The Morgan fingerprint density at radius 3 is 2.63 bits per heavy atom. The van der Waals surface area contributed by atoms with E-state index in [1.54, 1.807) is 11.6 Å². The molecule has 1 amide bonds. The number of benzene rings is 2. The molecule has 0 atom stereocenters. The number of rotatable bonds is 8. The summed E-state index contributed by atoms with van der Waals surface area (Å²) in [5.74, 6) is 0.177. The van der Waals surface area contributed by atoms with Gasteiger partial charge < -0.3 is 19.4 Å².